The topological polar surface area (TPSA) is 42.7 Å². The van der Waals surface area contributed by atoms with E-state index in [9.17, 15) is 0 Å². The zero-order valence-electron chi connectivity index (χ0n) is 12.8. The monoisotopic (exact) mass is 272 g/mol. The molecule has 20 heavy (non-hydrogen) atoms. The number of nitrogens with zero attached hydrogens (tertiary/aromatic N) is 3. The lowest BCUT2D eigenvalue weighted by atomic mass is 10.1. The molecule has 4 heteroatoms. The fraction of sp³-hybridized carbons (Fsp3) is 0.500. The van der Waals surface area contributed by atoms with Crippen LogP contribution in [0.3, 0.4) is 0 Å². The predicted octanol–water partition coefficient (Wildman–Crippen LogP) is 3.45. The molecule has 0 aliphatic carbocycles. The first-order valence-corrected chi connectivity index (χ1v) is 7.37. The van der Waals surface area contributed by atoms with E-state index >= 15 is 0 Å². The number of hydrogen-bond donors (Lipinski definition) is 1. The van der Waals surface area contributed by atoms with Gasteiger partial charge in [0.2, 0.25) is 0 Å². The van der Waals surface area contributed by atoms with Crippen LogP contribution in [0.1, 0.15) is 57.3 Å². The van der Waals surface area contributed by atoms with Crippen LogP contribution in [0, 0.1) is 0 Å². The summed E-state index contributed by atoms with van der Waals surface area (Å²) in [5.74, 6) is 1.31. The van der Waals surface area contributed by atoms with Gasteiger partial charge < -0.3 is 5.32 Å². The summed E-state index contributed by atoms with van der Waals surface area (Å²) in [6.45, 7) is 9.67. The number of nitrogens with one attached hydrogen (secondary N) is 1. The van der Waals surface area contributed by atoms with Gasteiger partial charge in [-0.3, -0.25) is 0 Å². The lowest BCUT2D eigenvalue weighted by Crippen LogP contribution is -2.19. The van der Waals surface area contributed by atoms with Crippen molar-refractivity contribution >= 4 is 0 Å². The second-order valence-electron chi connectivity index (χ2n) is 5.46. The minimum absolute atomic E-state index is 0.330. The van der Waals surface area contributed by atoms with E-state index in [-0.39, 0.29) is 0 Å². The van der Waals surface area contributed by atoms with Gasteiger partial charge in [-0.2, -0.15) is 5.10 Å². The molecule has 108 valence electrons. The van der Waals surface area contributed by atoms with E-state index in [1.807, 2.05) is 17.1 Å². The highest BCUT2D eigenvalue weighted by molar-refractivity contribution is 5.29. The number of hydrogen-bond acceptors (Lipinski definition) is 3. The molecular weight excluding hydrogens is 248 g/mol. The van der Waals surface area contributed by atoms with Gasteiger partial charge in [-0.25, -0.2) is 9.67 Å². The summed E-state index contributed by atoms with van der Waals surface area (Å²) in [6, 6.07) is 6.54. The molecule has 0 aromatic carbocycles. The third-order valence-electron chi connectivity index (χ3n) is 3.41. The molecule has 0 aliphatic rings. The van der Waals surface area contributed by atoms with Crippen molar-refractivity contribution in [3.05, 3.63) is 41.9 Å². The molecule has 2 heterocycles. The number of rotatable bonds is 6. The molecule has 0 amide bonds. The summed E-state index contributed by atoms with van der Waals surface area (Å²) in [6.07, 6.45) is 4.97. The van der Waals surface area contributed by atoms with Gasteiger partial charge in [-0.15, -0.1) is 0 Å². The van der Waals surface area contributed by atoms with Gasteiger partial charge in [0, 0.05) is 18.4 Å². The highest BCUT2D eigenvalue weighted by Gasteiger charge is 2.09. The maximum Gasteiger partial charge on any atom is 0.153 e. The van der Waals surface area contributed by atoms with E-state index in [2.05, 4.69) is 61.3 Å². The van der Waals surface area contributed by atoms with Crippen molar-refractivity contribution in [3.63, 3.8) is 0 Å². The Morgan fingerprint density at radius 2 is 2.05 bits per heavy atom. The summed E-state index contributed by atoms with van der Waals surface area (Å²) >= 11 is 0. The smallest absolute Gasteiger partial charge is 0.153 e. The maximum atomic E-state index is 4.58. The average Bonchev–Trinajstić information content (AvgIpc) is 2.95. The van der Waals surface area contributed by atoms with Crippen LogP contribution in [0.25, 0.3) is 5.82 Å². The molecule has 0 fully saturated rings. The normalized spacial score (nSPS) is 12.8. The Hall–Kier alpha value is -1.68. The van der Waals surface area contributed by atoms with Crippen molar-refractivity contribution in [1.82, 2.24) is 20.1 Å². The standard InChI is InChI=1S/C16H24N4/c1-5-8-17-13(4)14-6-9-18-16(11-14)20-10-7-15(19-20)12(2)3/h6-7,9-13,17H,5,8H2,1-4H3. The Balaban J connectivity index is 2.20. The SMILES string of the molecule is CCCNC(C)c1ccnc(-n2ccc(C(C)C)n2)c1. The molecule has 0 bridgehead atoms. The second-order valence-corrected chi connectivity index (χ2v) is 5.46. The molecular formula is C16H24N4. The van der Waals surface area contributed by atoms with Crippen molar-refractivity contribution < 1.29 is 0 Å². The largest absolute Gasteiger partial charge is 0.310 e. The van der Waals surface area contributed by atoms with E-state index in [4.69, 9.17) is 0 Å². The maximum absolute atomic E-state index is 4.58. The second kappa shape index (κ2) is 6.66. The molecule has 0 radical (unpaired) electrons. The summed E-state index contributed by atoms with van der Waals surface area (Å²) in [5.41, 5.74) is 2.33. The van der Waals surface area contributed by atoms with Gasteiger partial charge in [-0.05, 0) is 49.6 Å². The third kappa shape index (κ3) is 3.45. The van der Waals surface area contributed by atoms with E-state index in [0.717, 1.165) is 24.5 Å². The first-order chi connectivity index (χ1) is 9.61. The number of pyridine rings is 1. The minimum atomic E-state index is 0.330. The van der Waals surface area contributed by atoms with Crippen molar-refractivity contribution in [3.8, 4) is 5.82 Å². The minimum Gasteiger partial charge on any atom is -0.310 e. The fourth-order valence-electron chi connectivity index (χ4n) is 2.08. The van der Waals surface area contributed by atoms with Crippen LogP contribution in [0.5, 0.6) is 0 Å². The van der Waals surface area contributed by atoms with Crippen molar-refractivity contribution in [2.45, 2.75) is 46.1 Å². The van der Waals surface area contributed by atoms with Crippen molar-refractivity contribution in [2.24, 2.45) is 0 Å². The molecule has 1 unspecified atom stereocenters. The molecule has 0 saturated heterocycles. The molecule has 2 aromatic heterocycles. The Kier molecular flexibility index (Phi) is 4.90. The molecule has 2 aromatic rings. The molecule has 4 nitrogen and oxygen atoms in total. The first-order valence-electron chi connectivity index (χ1n) is 7.37. The zero-order chi connectivity index (χ0) is 14.5. The Morgan fingerprint density at radius 3 is 2.70 bits per heavy atom. The molecule has 0 saturated carbocycles. The Labute approximate surface area is 121 Å². The molecule has 1 atom stereocenters. The van der Waals surface area contributed by atoms with Crippen LogP contribution in [0.15, 0.2) is 30.6 Å². The van der Waals surface area contributed by atoms with Crippen LogP contribution in [0.4, 0.5) is 0 Å². The van der Waals surface area contributed by atoms with E-state index in [0.29, 0.717) is 12.0 Å². The zero-order valence-corrected chi connectivity index (χ0v) is 12.8. The summed E-state index contributed by atoms with van der Waals surface area (Å²) < 4.78 is 1.85. The fourth-order valence-corrected chi connectivity index (χ4v) is 2.08. The first kappa shape index (κ1) is 14.7. The van der Waals surface area contributed by atoms with E-state index in [1.165, 1.54) is 5.56 Å². The van der Waals surface area contributed by atoms with E-state index < -0.39 is 0 Å². The highest BCUT2D eigenvalue weighted by atomic mass is 15.3. The quantitative estimate of drug-likeness (QED) is 0.875. The number of aromatic nitrogens is 3. The third-order valence-corrected chi connectivity index (χ3v) is 3.41. The van der Waals surface area contributed by atoms with Crippen LogP contribution in [0.2, 0.25) is 0 Å². The predicted molar refractivity (Wildman–Crippen MR) is 82.2 cm³/mol. The van der Waals surface area contributed by atoms with Gasteiger partial charge in [0.25, 0.3) is 0 Å². The van der Waals surface area contributed by atoms with Crippen LogP contribution < -0.4 is 5.32 Å². The highest BCUT2D eigenvalue weighted by Crippen LogP contribution is 2.16. The lowest BCUT2D eigenvalue weighted by Gasteiger charge is -2.14. The average molecular weight is 272 g/mol. The Morgan fingerprint density at radius 1 is 1.25 bits per heavy atom. The van der Waals surface area contributed by atoms with Crippen molar-refractivity contribution in [1.29, 1.82) is 0 Å². The molecule has 0 aliphatic heterocycles. The summed E-state index contributed by atoms with van der Waals surface area (Å²) in [5, 5.41) is 8.07. The Bertz CT molecular complexity index is 545. The van der Waals surface area contributed by atoms with Crippen LogP contribution in [-0.2, 0) is 0 Å². The summed E-state index contributed by atoms with van der Waals surface area (Å²) in [4.78, 5) is 4.42. The van der Waals surface area contributed by atoms with Gasteiger partial charge in [-0.1, -0.05) is 20.8 Å². The van der Waals surface area contributed by atoms with Gasteiger partial charge >= 0.3 is 0 Å². The molecule has 0 spiro atoms. The summed E-state index contributed by atoms with van der Waals surface area (Å²) in [7, 11) is 0. The van der Waals surface area contributed by atoms with Crippen LogP contribution >= 0.6 is 0 Å². The van der Waals surface area contributed by atoms with Crippen LogP contribution in [-0.4, -0.2) is 21.3 Å². The lowest BCUT2D eigenvalue weighted by molar-refractivity contribution is 0.569. The molecule has 2 rings (SSSR count). The van der Waals surface area contributed by atoms with Gasteiger partial charge in [0.15, 0.2) is 5.82 Å². The van der Waals surface area contributed by atoms with Gasteiger partial charge in [0.05, 0.1) is 5.69 Å². The molecule has 1 N–H and O–H groups in total. The van der Waals surface area contributed by atoms with Gasteiger partial charge in [0.1, 0.15) is 0 Å². The van der Waals surface area contributed by atoms with E-state index in [1.54, 1.807) is 0 Å². The van der Waals surface area contributed by atoms with Crippen molar-refractivity contribution in [2.75, 3.05) is 6.54 Å².